The molecule has 0 radical (unpaired) electrons. The molecule has 3 aromatic rings. The number of carboxylic acids is 1. The van der Waals surface area contributed by atoms with Crippen LogP contribution < -0.4 is 10.6 Å². The summed E-state index contributed by atoms with van der Waals surface area (Å²) in [6, 6.07) is 20.7. The van der Waals surface area contributed by atoms with Gasteiger partial charge in [-0.25, -0.2) is 4.79 Å². The quantitative estimate of drug-likeness (QED) is 0.483. The van der Waals surface area contributed by atoms with Crippen LogP contribution in [0, 0.1) is 6.92 Å². The highest BCUT2D eigenvalue weighted by Crippen LogP contribution is 2.21. The second-order valence-corrected chi connectivity index (χ2v) is 7.62. The summed E-state index contributed by atoms with van der Waals surface area (Å²) in [6.45, 7) is 1.93. The van der Waals surface area contributed by atoms with Crippen molar-refractivity contribution in [3.8, 4) is 0 Å². The van der Waals surface area contributed by atoms with Crippen LogP contribution in [-0.4, -0.2) is 28.6 Å². The SMILES string of the molecule is Cc1cccc(C(=O)Nc2ccc(SCC(=O)Nc3cccc(C(=O)O)c3)cc2)c1. The number of thioether (sulfide) groups is 1. The standard InChI is InChI=1S/C23H20N2O4S/c1-15-4-2-5-16(12-15)22(27)25-18-8-10-20(11-9-18)30-14-21(26)24-19-7-3-6-17(13-19)23(28)29/h2-13H,14H2,1H3,(H,24,26)(H,25,27)(H,28,29). The molecule has 30 heavy (non-hydrogen) atoms. The van der Waals surface area contributed by atoms with Crippen molar-refractivity contribution >= 4 is 40.9 Å². The largest absolute Gasteiger partial charge is 0.478 e. The first-order chi connectivity index (χ1) is 14.4. The number of nitrogens with one attached hydrogen (secondary N) is 2. The van der Waals surface area contributed by atoms with Crippen LogP contribution in [0.4, 0.5) is 11.4 Å². The molecule has 3 rings (SSSR count). The van der Waals surface area contributed by atoms with Crippen LogP contribution in [0.15, 0.2) is 77.7 Å². The van der Waals surface area contributed by atoms with E-state index in [-0.39, 0.29) is 23.1 Å². The van der Waals surface area contributed by atoms with Gasteiger partial charge in [0.1, 0.15) is 0 Å². The fraction of sp³-hybridized carbons (Fsp3) is 0.0870. The van der Waals surface area contributed by atoms with Gasteiger partial charge in [0.05, 0.1) is 11.3 Å². The van der Waals surface area contributed by atoms with Gasteiger partial charge in [-0.3, -0.25) is 9.59 Å². The van der Waals surface area contributed by atoms with Crippen molar-refractivity contribution in [1.82, 2.24) is 0 Å². The zero-order valence-corrected chi connectivity index (χ0v) is 17.0. The molecule has 0 aliphatic carbocycles. The Balaban J connectivity index is 1.52. The van der Waals surface area contributed by atoms with E-state index in [2.05, 4.69) is 10.6 Å². The van der Waals surface area contributed by atoms with Crippen LogP contribution in [0.3, 0.4) is 0 Å². The summed E-state index contributed by atoms with van der Waals surface area (Å²) < 4.78 is 0. The Labute approximate surface area is 178 Å². The summed E-state index contributed by atoms with van der Waals surface area (Å²) in [5, 5.41) is 14.5. The lowest BCUT2D eigenvalue weighted by atomic mass is 10.1. The highest BCUT2D eigenvalue weighted by molar-refractivity contribution is 8.00. The predicted octanol–water partition coefficient (Wildman–Crippen LogP) is 4.68. The van der Waals surface area contributed by atoms with Gasteiger partial charge in [0, 0.05) is 21.8 Å². The van der Waals surface area contributed by atoms with Crippen molar-refractivity contribution in [3.05, 3.63) is 89.5 Å². The lowest BCUT2D eigenvalue weighted by molar-refractivity contribution is -0.113. The van der Waals surface area contributed by atoms with Crippen LogP contribution in [0.25, 0.3) is 0 Å². The summed E-state index contributed by atoms with van der Waals surface area (Å²) in [4.78, 5) is 36.3. The number of benzene rings is 3. The zero-order chi connectivity index (χ0) is 21.5. The average molecular weight is 420 g/mol. The summed E-state index contributed by atoms with van der Waals surface area (Å²) in [6.07, 6.45) is 0. The first kappa shape index (κ1) is 21.1. The van der Waals surface area contributed by atoms with E-state index in [1.54, 1.807) is 30.3 Å². The second-order valence-electron chi connectivity index (χ2n) is 6.57. The van der Waals surface area contributed by atoms with Gasteiger partial charge in [-0.2, -0.15) is 0 Å². The highest BCUT2D eigenvalue weighted by atomic mass is 32.2. The zero-order valence-electron chi connectivity index (χ0n) is 16.2. The van der Waals surface area contributed by atoms with Gasteiger partial charge in [-0.1, -0.05) is 23.8 Å². The topological polar surface area (TPSA) is 95.5 Å². The summed E-state index contributed by atoms with van der Waals surface area (Å²) >= 11 is 1.34. The Morgan fingerprint density at radius 1 is 0.833 bits per heavy atom. The van der Waals surface area contributed by atoms with E-state index < -0.39 is 5.97 Å². The lowest BCUT2D eigenvalue weighted by Gasteiger charge is -2.08. The minimum atomic E-state index is -1.05. The molecule has 0 saturated heterocycles. The molecule has 0 spiro atoms. The van der Waals surface area contributed by atoms with Crippen molar-refractivity contribution in [2.45, 2.75) is 11.8 Å². The Bertz CT molecular complexity index is 1080. The van der Waals surface area contributed by atoms with Crippen molar-refractivity contribution in [1.29, 1.82) is 0 Å². The second kappa shape index (κ2) is 9.76. The molecular weight excluding hydrogens is 400 g/mol. The highest BCUT2D eigenvalue weighted by Gasteiger charge is 2.08. The molecule has 0 heterocycles. The molecule has 0 fully saturated rings. The van der Waals surface area contributed by atoms with Crippen molar-refractivity contribution < 1.29 is 19.5 Å². The molecule has 0 atom stereocenters. The summed E-state index contributed by atoms with van der Waals surface area (Å²) in [7, 11) is 0. The maximum atomic E-state index is 12.3. The molecule has 3 aromatic carbocycles. The first-order valence-corrected chi connectivity index (χ1v) is 10.1. The van der Waals surface area contributed by atoms with E-state index in [0.29, 0.717) is 16.9 Å². The molecule has 152 valence electrons. The van der Waals surface area contributed by atoms with Crippen LogP contribution in [-0.2, 0) is 4.79 Å². The third-order valence-corrected chi connectivity index (χ3v) is 5.17. The van der Waals surface area contributed by atoms with Gasteiger partial charge in [-0.05, 0) is 61.5 Å². The number of aromatic carboxylic acids is 1. The molecule has 0 aliphatic heterocycles. The number of amides is 2. The maximum absolute atomic E-state index is 12.3. The van der Waals surface area contributed by atoms with Crippen molar-refractivity contribution in [2.75, 3.05) is 16.4 Å². The fourth-order valence-electron chi connectivity index (χ4n) is 2.70. The molecule has 7 heteroatoms. The summed E-state index contributed by atoms with van der Waals surface area (Å²) in [5.74, 6) is -1.29. The third kappa shape index (κ3) is 5.96. The maximum Gasteiger partial charge on any atom is 0.335 e. The molecule has 0 saturated carbocycles. The number of carbonyl (C=O) groups excluding carboxylic acids is 2. The Morgan fingerprint density at radius 2 is 1.53 bits per heavy atom. The Morgan fingerprint density at radius 3 is 2.23 bits per heavy atom. The minimum absolute atomic E-state index is 0.115. The van der Waals surface area contributed by atoms with Gasteiger partial charge in [-0.15, -0.1) is 11.8 Å². The van der Waals surface area contributed by atoms with Crippen molar-refractivity contribution in [2.24, 2.45) is 0 Å². The number of rotatable bonds is 7. The molecular formula is C23H20N2O4S. The number of hydrogen-bond donors (Lipinski definition) is 3. The number of hydrogen-bond acceptors (Lipinski definition) is 4. The average Bonchev–Trinajstić information content (AvgIpc) is 2.73. The molecule has 0 unspecified atom stereocenters. The van der Waals surface area contributed by atoms with Gasteiger partial charge in [0.25, 0.3) is 5.91 Å². The molecule has 0 bridgehead atoms. The monoisotopic (exact) mass is 420 g/mol. The Kier molecular flexibility index (Phi) is 6.87. The van der Waals surface area contributed by atoms with Crippen molar-refractivity contribution in [3.63, 3.8) is 0 Å². The fourth-order valence-corrected chi connectivity index (χ4v) is 3.40. The van der Waals surface area contributed by atoms with Gasteiger partial charge >= 0.3 is 5.97 Å². The van der Waals surface area contributed by atoms with E-state index >= 15 is 0 Å². The van der Waals surface area contributed by atoms with E-state index in [4.69, 9.17) is 5.11 Å². The molecule has 0 aliphatic rings. The van der Waals surface area contributed by atoms with Crippen LogP contribution in [0.5, 0.6) is 0 Å². The van der Waals surface area contributed by atoms with E-state index in [1.807, 2.05) is 37.3 Å². The van der Waals surface area contributed by atoms with Gasteiger partial charge in [0.15, 0.2) is 0 Å². The first-order valence-electron chi connectivity index (χ1n) is 9.15. The van der Waals surface area contributed by atoms with E-state index in [1.165, 1.54) is 23.9 Å². The van der Waals surface area contributed by atoms with E-state index in [0.717, 1.165) is 10.5 Å². The molecule has 6 nitrogen and oxygen atoms in total. The van der Waals surface area contributed by atoms with Gasteiger partial charge in [0.2, 0.25) is 5.91 Å². The van der Waals surface area contributed by atoms with Gasteiger partial charge < -0.3 is 15.7 Å². The van der Waals surface area contributed by atoms with Crippen LogP contribution >= 0.6 is 11.8 Å². The Hall–Kier alpha value is -3.58. The number of carboxylic acid groups (broad SMARTS) is 1. The number of anilines is 2. The normalized spacial score (nSPS) is 10.3. The van der Waals surface area contributed by atoms with E-state index in [9.17, 15) is 14.4 Å². The summed E-state index contributed by atoms with van der Waals surface area (Å²) in [5.41, 5.74) is 2.83. The van der Waals surface area contributed by atoms with Crippen LogP contribution in [0.1, 0.15) is 26.3 Å². The molecule has 0 aromatic heterocycles. The van der Waals surface area contributed by atoms with Crippen LogP contribution in [0.2, 0.25) is 0 Å². The minimum Gasteiger partial charge on any atom is -0.478 e. The number of aryl methyl sites for hydroxylation is 1. The lowest BCUT2D eigenvalue weighted by Crippen LogP contribution is -2.14. The smallest absolute Gasteiger partial charge is 0.335 e. The third-order valence-electron chi connectivity index (χ3n) is 4.16. The molecule has 3 N–H and O–H groups in total. The predicted molar refractivity (Wildman–Crippen MR) is 118 cm³/mol. The molecule has 2 amide bonds. The number of carbonyl (C=O) groups is 3.